The summed E-state index contributed by atoms with van der Waals surface area (Å²) in [6, 6.07) is 9.82. The van der Waals surface area contributed by atoms with Crippen molar-refractivity contribution in [1.29, 1.82) is 0 Å². The average Bonchev–Trinajstić information content (AvgIpc) is 2.81. The van der Waals surface area contributed by atoms with Gasteiger partial charge in [0.25, 0.3) is 0 Å². The van der Waals surface area contributed by atoms with Crippen LogP contribution in [-0.2, 0) is 12.6 Å². The summed E-state index contributed by atoms with van der Waals surface area (Å²) in [5.74, 6) is -0.417. The first-order chi connectivity index (χ1) is 9.95. The van der Waals surface area contributed by atoms with Crippen molar-refractivity contribution in [2.24, 2.45) is 4.99 Å². The van der Waals surface area contributed by atoms with Gasteiger partial charge < -0.3 is 0 Å². The normalized spacial score (nSPS) is 16.3. The number of rotatable bonds is 1. The van der Waals surface area contributed by atoms with Crippen LogP contribution < -0.4 is 0 Å². The minimum atomic E-state index is -4.36. The number of alkyl halides is 3. The van der Waals surface area contributed by atoms with Crippen LogP contribution in [0, 0.1) is 5.82 Å². The van der Waals surface area contributed by atoms with Gasteiger partial charge in [-0.2, -0.15) is 13.2 Å². The molecule has 0 fully saturated rings. The molecule has 0 N–H and O–H groups in total. The fraction of sp³-hybridized carbons (Fsp3) is 0.188. The number of benzene rings is 2. The first-order valence-electron chi connectivity index (χ1n) is 6.48. The van der Waals surface area contributed by atoms with Crippen LogP contribution in [0.15, 0.2) is 47.5 Å². The molecule has 21 heavy (non-hydrogen) atoms. The van der Waals surface area contributed by atoms with Gasteiger partial charge in [0.1, 0.15) is 5.82 Å². The van der Waals surface area contributed by atoms with E-state index in [1.807, 2.05) is 0 Å². The third-order valence-electron chi connectivity index (χ3n) is 3.48. The highest BCUT2D eigenvalue weighted by Crippen LogP contribution is 2.37. The molecule has 0 amide bonds. The van der Waals surface area contributed by atoms with E-state index in [1.165, 1.54) is 24.3 Å². The maximum absolute atomic E-state index is 13.1. The second-order valence-electron chi connectivity index (χ2n) is 4.87. The zero-order chi connectivity index (χ0) is 15.0. The monoisotopic (exact) mass is 293 g/mol. The second kappa shape index (κ2) is 4.98. The molecule has 0 radical (unpaired) electrons. The van der Waals surface area contributed by atoms with Crippen LogP contribution in [0.4, 0.5) is 23.2 Å². The largest absolute Gasteiger partial charge is 0.416 e. The molecule has 1 aliphatic rings. The summed E-state index contributed by atoms with van der Waals surface area (Å²) in [7, 11) is 0. The first-order valence-corrected chi connectivity index (χ1v) is 6.48. The molecule has 1 aliphatic carbocycles. The van der Waals surface area contributed by atoms with Crippen molar-refractivity contribution in [2.45, 2.75) is 19.0 Å². The van der Waals surface area contributed by atoms with Gasteiger partial charge in [0, 0.05) is 5.71 Å². The van der Waals surface area contributed by atoms with Gasteiger partial charge in [-0.3, -0.25) is 4.99 Å². The van der Waals surface area contributed by atoms with Gasteiger partial charge in [0.05, 0.1) is 11.3 Å². The Morgan fingerprint density at radius 1 is 0.952 bits per heavy atom. The van der Waals surface area contributed by atoms with Crippen molar-refractivity contribution in [3.8, 4) is 0 Å². The number of nitrogens with zero attached hydrogens (tertiary/aromatic N) is 1. The molecule has 3 rings (SSSR count). The Morgan fingerprint density at radius 2 is 1.71 bits per heavy atom. The predicted molar refractivity (Wildman–Crippen MR) is 72.4 cm³/mol. The fourth-order valence-corrected chi connectivity index (χ4v) is 2.59. The summed E-state index contributed by atoms with van der Waals surface area (Å²) in [6.07, 6.45) is -3.63. The van der Waals surface area contributed by atoms with Crippen LogP contribution in [0.5, 0.6) is 0 Å². The third kappa shape index (κ3) is 2.68. The van der Waals surface area contributed by atoms with Gasteiger partial charge in [0.2, 0.25) is 0 Å². The fourth-order valence-electron chi connectivity index (χ4n) is 2.59. The Kier molecular flexibility index (Phi) is 3.27. The Bertz CT molecular complexity index is 716. The van der Waals surface area contributed by atoms with Crippen LogP contribution in [0.2, 0.25) is 0 Å². The average molecular weight is 293 g/mol. The summed E-state index contributed by atoms with van der Waals surface area (Å²) in [5.41, 5.74) is 1.16. The first kappa shape index (κ1) is 13.8. The smallest absolute Gasteiger partial charge is 0.253 e. The van der Waals surface area contributed by atoms with Crippen molar-refractivity contribution in [3.05, 3.63) is 65.0 Å². The molecule has 0 aromatic heterocycles. The molecule has 2 aromatic rings. The molecule has 0 aliphatic heterocycles. The Labute approximate surface area is 118 Å². The van der Waals surface area contributed by atoms with Crippen LogP contribution in [0.25, 0.3) is 0 Å². The zero-order valence-corrected chi connectivity index (χ0v) is 10.9. The van der Waals surface area contributed by atoms with Gasteiger partial charge in [0.15, 0.2) is 0 Å². The molecule has 0 atom stereocenters. The molecule has 0 heterocycles. The molecule has 1 nitrogen and oxygen atoms in total. The van der Waals surface area contributed by atoms with Crippen molar-refractivity contribution >= 4 is 11.4 Å². The van der Waals surface area contributed by atoms with Gasteiger partial charge in [-0.25, -0.2) is 4.39 Å². The summed E-state index contributed by atoms with van der Waals surface area (Å²) in [6.45, 7) is 0. The highest BCUT2D eigenvalue weighted by molar-refractivity contribution is 6.06. The van der Waals surface area contributed by atoms with Crippen molar-refractivity contribution < 1.29 is 17.6 Å². The molecule has 0 saturated carbocycles. The van der Waals surface area contributed by atoms with E-state index >= 15 is 0 Å². The lowest BCUT2D eigenvalue weighted by Gasteiger charge is -2.11. The van der Waals surface area contributed by atoms with E-state index in [-0.39, 0.29) is 5.56 Å². The van der Waals surface area contributed by atoms with Crippen LogP contribution in [0.3, 0.4) is 0 Å². The lowest BCUT2D eigenvalue weighted by atomic mass is 10.0. The molecule has 5 heteroatoms. The Hall–Kier alpha value is -2.17. The number of hydrogen-bond donors (Lipinski definition) is 0. The predicted octanol–water partition coefficient (Wildman–Crippen LogP) is 4.91. The molecule has 0 unspecified atom stereocenters. The van der Waals surface area contributed by atoms with E-state index in [4.69, 9.17) is 0 Å². The van der Waals surface area contributed by atoms with E-state index in [0.717, 1.165) is 6.07 Å². The van der Waals surface area contributed by atoms with Crippen LogP contribution >= 0.6 is 0 Å². The summed E-state index contributed by atoms with van der Waals surface area (Å²) in [5, 5.41) is 0. The van der Waals surface area contributed by atoms with Crippen LogP contribution in [0.1, 0.15) is 23.1 Å². The summed E-state index contributed by atoms with van der Waals surface area (Å²) < 4.78 is 52.0. The Morgan fingerprint density at radius 3 is 2.43 bits per heavy atom. The third-order valence-corrected chi connectivity index (χ3v) is 3.48. The minimum absolute atomic E-state index is 0.278. The van der Waals surface area contributed by atoms with E-state index in [9.17, 15) is 17.6 Å². The standard InChI is InChI=1S/C16H11F4N/c17-10-3-1-4-11(9-10)21-15-8-7-12-13(15)5-2-6-14(12)16(18,19)20/h1-6,9H,7-8H2. The number of fused-ring (bicyclic) bond motifs is 1. The van der Waals surface area contributed by atoms with Gasteiger partial charge in [-0.05, 0) is 48.2 Å². The lowest BCUT2D eigenvalue weighted by molar-refractivity contribution is -0.138. The Balaban J connectivity index is 2.05. The molecule has 0 spiro atoms. The molecule has 0 saturated heterocycles. The lowest BCUT2D eigenvalue weighted by Crippen LogP contribution is -2.09. The van der Waals surface area contributed by atoms with E-state index in [0.29, 0.717) is 29.8 Å². The number of halogens is 4. The SMILES string of the molecule is Fc1cccc(N=C2CCc3c2cccc3C(F)(F)F)c1. The quantitative estimate of drug-likeness (QED) is 0.662. The van der Waals surface area contributed by atoms with E-state index in [2.05, 4.69) is 4.99 Å². The highest BCUT2D eigenvalue weighted by atomic mass is 19.4. The maximum Gasteiger partial charge on any atom is 0.416 e. The highest BCUT2D eigenvalue weighted by Gasteiger charge is 2.36. The van der Waals surface area contributed by atoms with Crippen molar-refractivity contribution in [3.63, 3.8) is 0 Å². The molecule has 108 valence electrons. The maximum atomic E-state index is 13.1. The zero-order valence-electron chi connectivity index (χ0n) is 10.9. The van der Waals surface area contributed by atoms with E-state index < -0.39 is 17.6 Å². The number of aliphatic imine (C=N–C) groups is 1. The van der Waals surface area contributed by atoms with Crippen molar-refractivity contribution in [1.82, 2.24) is 0 Å². The summed E-state index contributed by atoms with van der Waals surface area (Å²) >= 11 is 0. The van der Waals surface area contributed by atoms with Crippen molar-refractivity contribution in [2.75, 3.05) is 0 Å². The number of hydrogen-bond acceptors (Lipinski definition) is 1. The van der Waals surface area contributed by atoms with Gasteiger partial charge in [-0.1, -0.05) is 18.2 Å². The van der Waals surface area contributed by atoms with Crippen LogP contribution in [-0.4, -0.2) is 5.71 Å². The molecular formula is C16H11F4N. The van der Waals surface area contributed by atoms with E-state index in [1.54, 1.807) is 12.1 Å². The van der Waals surface area contributed by atoms with Gasteiger partial charge in [-0.15, -0.1) is 0 Å². The molecule has 2 aromatic carbocycles. The topological polar surface area (TPSA) is 12.4 Å². The molecular weight excluding hydrogens is 282 g/mol. The minimum Gasteiger partial charge on any atom is -0.253 e. The second-order valence-corrected chi connectivity index (χ2v) is 4.87. The van der Waals surface area contributed by atoms with Gasteiger partial charge >= 0.3 is 6.18 Å². The summed E-state index contributed by atoms with van der Waals surface area (Å²) in [4.78, 5) is 4.29. The molecule has 0 bridgehead atoms.